The van der Waals surface area contributed by atoms with Gasteiger partial charge in [-0.1, -0.05) is 0 Å². The van der Waals surface area contributed by atoms with Crippen molar-refractivity contribution in [3.8, 4) is 5.88 Å². The Labute approximate surface area is 222 Å². The first-order valence-electron chi connectivity index (χ1n) is 11.6. The molecule has 3 aromatic rings. The largest absolute Gasteiger partial charge is 0.473 e. The number of carbonyl (C=O) groups excluding carboxylic acids is 2. The average Bonchev–Trinajstić information content (AvgIpc) is 3.20. The second-order valence-electron chi connectivity index (χ2n) is 9.21. The average molecular weight is 581 g/mol. The van der Waals surface area contributed by atoms with Crippen LogP contribution < -0.4 is 15.4 Å². The molecule has 0 aliphatic heterocycles. The lowest BCUT2D eigenvalue weighted by Crippen LogP contribution is -2.37. The molecule has 0 spiro atoms. The van der Waals surface area contributed by atoms with E-state index < -0.39 is 35.6 Å². The summed E-state index contributed by atoms with van der Waals surface area (Å²) in [6.45, 7) is 10.9. The lowest BCUT2D eigenvalue weighted by molar-refractivity contribution is 0.0500. The van der Waals surface area contributed by atoms with Crippen LogP contribution in [0.5, 0.6) is 5.88 Å². The Morgan fingerprint density at radius 1 is 1.24 bits per heavy atom. The van der Waals surface area contributed by atoms with E-state index in [0.717, 1.165) is 6.20 Å². The molecular formula is C24H30BrFN6O5. The lowest BCUT2D eigenvalue weighted by Gasteiger charge is -2.23. The number of nitrogens with zero attached hydrogens (tertiary/aromatic N) is 4. The number of carbonyl (C=O) groups is 2. The minimum atomic E-state index is -0.625. The van der Waals surface area contributed by atoms with Gasteiger partial charge in [-0.05, 0) is 63.5 Å². The van der Waals surface area contributed by atoms with Gasteiger partial charge in [-0.2, -0.15) is 5.10 Å². The normalized spacial score (nSPS) is 13.1. The smallest absolute Gasteiger partial charge is 0.407 e. The van der Waals surface area contributed by atoms with Crippen LogP contribution in [0, 0.1) is 5.82 Å². The molecule has 11 nitrogen and oxygen atoms in total. The van der Waals surface area contributed by atoms with Gasteiger partial charge in [0, 0.05) is 11.8 Å². The number of pyridine rings is 1. The van der Waals surface area contributed by atoms with Gasteiger partial charge in [-0.3, -0.25) is 0 Å². The molecule has 2 atom stereocenters. The first kappa shape index (κ1) is 28.1. The van der Waals surface area contributed by atoms with Gasteiger partial charge in [0.2, 0.25) is 5.88 Å². The predicted octanol–water partition coefficient (Wildman–Crippen LogP) is 4.67. The molecule has 2 N–H and O–H groups in total. The third-order valence-corrected chi connectivity index (χ3v) is 5.44. The topological polar surface area (TPSA) is 129 Å². The van der Waals surface area contributed by atoms with E-state index in [2.05, 4.69) is 41.6 Å². The molecule has 3 rings (SSSR count). The molecule has 37 heavy (non-hydrogen) atoms. The van der Waals surface area contributed by atoms with E-state index in [1.165, 1.54) is 16.8 Å². The highest BCUT2D eigenvalue weighted by Gasteiger charge is 2.22. The molecule has 1 unspecified atom stereocenters. The van der Waals surface area contributed by atoms with Gasteiger partial charge in [-0.25, -0.2) is 28.5 Å². The Bertz CT molecular complexity index is 1280. The van der Waals surface area contributed by atoms with E-state index in [0.29, 0.717) is 21.5 Å². The maximum absolute atomic E-state index is 14.1. The van der Waals surface area contributed by atoms with E-state index in [1.54, 1.807) is 47.7 Å². The third kappa shape index (κ3) is 7.51. The Hall–Kier alpha value is -3.48. The second-order valence-corrected chi connectivity index (χ2v) is 10.1. The van der Waals surface area contributed by atoms with Crippen LogP contribution in [0.4, 0.5) is 15.0 Å². The molecule has 1 amide bonds. The number of esters is 1. The molecular weight excluding hydrogens is 551 g/mol. The molecule has 3 heterocycles. The zero-order valence-electron chi connectivity index (χ0n) is 21.5. The minimum Gasteiger partial charge on any atom is -0.473 e. The Morgan fingerprint density at radius 3 is 2.65 bits per heavy atom. The summed E-state index contributed by atoms with van der Waals surface area (Å²) in [5.74, 6) is -0.502. The number of alkyl carbamates (subject to hydrolysis) is 1. The molecule has 0 radical (unpaired) electrons. The number of fused-ring (bicyclic) bond motifs is 1. The Balaban J connectivity index is 1.78. The number of nitrogens with one attached hydrogen (secondary N) is 2. The number of ether oxygens (including phenoxy) is 3. The Kier molecular flexibility index (Phi) is 8.89. The molecule has 0 fully saturated rings. The number of anilines is 1. The molecule has 0 aliphatic rings. The van der Waals surface area contributed by atoms with E-state index in [4.69, 9.17) is 14.2 Å². The zero-order valence-corrected chi connectivity index (χ0v) is 23.1. The van der Waals surface area contributed by atoms with Crippen molar-refractivity contribution in [3.63, 3.8) is 0 Å². The maximum Gasteiger partial charge on any atom is 0.407 e. The fourth-order valence-corrected chi connectivity index (χ4v) is 3.65. The van der Waals surface area contributed by atoms with Crippen molar-refractivity contribution in [1.29, 1.82) is 0 Å². The fraction of sp³-hybridized carbons (Fsp3) is 0.458. The summed E-state index contributed by atoms with van der Waals surface area (Å²) < 4.78 is 32.4. The SMILES string of the molecule is CCOC(=O)c1cnn2cc(Br)c(NC(C)c3cc(F)cnc3O[C@@H](C)CNC(=O)OC(C)(C)C)nc12. The number of amides is 1. The third-order valence-electron chi connectivity index (χ3n) is 4.85. The van der Waals surface area contributed by atoms with Gasteiger partial charge in [0.25, 0.3) is 0 Å². The predicted molar refractivity (Wildman–Crippen MR) is 137 cm³/mol. The van der Waals surface area contributed by atoms with Crippen molar-refractivity contribution >= 4 is 39.5 Å². The van der Waals surface area contributed by atoms with Crippen LogP contribution in [0.25, 0.3) is 5.65 Å². The van der Waals surface area contributed by atoms with Crippen LogP contribution in [-0.4, -0.2) is 56.5 Å². The van der Waals surface area contributed by atoms with Crippen molar-refractivity contribution in [1.82, 2.24) is 24.9 Å². The number of hydrogen-bond acceptors (Lipinski definition) is 9. The van der Waals surface area contributed by atoms with Crippen LogP contribution in [-0.2, 0) is 9.47 Å². The second kappa shape index (κ2) is 11.7. The summed E-state index contributed by atoms with van der Waals surface area (Å²) in [5.41, 5.74) is 0.317. The van der Waals surface area contributed by atoms with Crippen LogP contribution >= 0.6 is 15.9 Å². The molecule has 3 aromatic heterocycles. The molecule has 0 aliphatic carbocycles. The molecule has 13 heteroatoms. The fourth-order valence-electron chi connectivity index (χ4n) is 3.25. The van der Waals surface area contributed by atoms with Gasteiger partial charge in [0.15, 0.2) is 5.65 Å². The van der Waals surface area contributed by atoms with Gasteiger partial charge in [0.05, 0.1) is 36.1 Å². The molecule has 0 aromatic carbocycles. The van der Waals surface area contributed by atoms with Gasteiger partial charge in [0.1, 0.15) is 28.9 Å². The highest BCUT2D eigenvalue weighted by Crippen LogP contribution is 2.30. The summed E-state index contributed by atoms with van der Waals surface area (Å²) in [4.78, 5) is 32.8. The van der Waals surface area contributed by atoms with Crippen molar-refractivity contribution in [3.05, 3.63) is 46.1 Å². The highest BCUT2D eigenvalue weighted by molar-refractivity contribution is 9.10. The van der Waals surface area contributed by atoms with Crippen LogP contribution in [0.15, 0.2) is 29.1 Å². The van der Waals surface area contributed by atoms with Crippen LogP contribution in [0.3, 0.4) is 0 Å². The monoisotopic (exact) mass is 580 g/mol. The molecule has 0 saturated heterocycles. The van der Waals surface area contributed by atoms with E-state index in [9.17, 15) is 14.0 Å². The first-order valence-corrected chi connectivity index (χ1v) is 12.4. The van der Waals surface area contributed by atoms with E-state index >= 15 is 0 Å². The van der Waals surface area contributed by atoms with Crippen LogP contribution in [0.1, 0.15) is 63.5 Å². The Morgan fingerprint density at radius 2 is 1.97 bits per heavy atom. The van der Waals surface area contributed by atoms with E-state index in [1.807, 2.05) is 0 Å². The summed E-state index contributed by atoms with van der Waals surface area (Å²) in [6, 6.07) is 0.799. The van der Waals surface area contributed by atoms with Crippen molar-refractivity contribution in [2.45, 2.75) is 59.3 Å². The van der Waals surface area contributed by atoms with Gasteiger partial charge < -0.3 is 24.8 Å². The summed E-state index contributed by atoms with van der Waals surface area (Å²) in [6.07, 6.45) is 3.02. The van der Waals surface area contributed by atoms with Crippen molar-refractivity contribution in [2.24, 2.45) is 0 Å². The van der Waals surface area contributed by atoms with E-state index in [-0.39, 0.29) is 24.6 Å². The molecule has 0 saturated carbocycles. The summed E-state index contributed by atoms with van der Waals surface area (Å²) in [5, 5.41) is 9.98. The standard InChI is InChI=1S/C24H30BrFN6O5/c1-7-35-22(33)17-11-29-32-12-18(25)19(31-20(17)32)30-14(3)16-8-15(26)10-27-21(16)36-13(2)9-28-23(34)37-24(4,5)6/h8,10-14H,7,9H2,1-6H3,(H,28,34)(H,30,31)/t13-,14?/m0/s1. The number of aromatic nitrogens is 4. The summed E-state index contributed by atoms with van der Waals surface area (Å²) in [7, 11) is 0. The molecule has 0 bridgehead atoms. The first-order chi connectivity index (χ1) is 17.4. The quantitative estimate of drug-likeness (QED) is 0.347. The minimum absolute atomic E-state index is 0.150. The van der Waals surface area contributed by atoms with Crippen molar-refractivity contribution < 1.29 is 28.2 Å². The number of rotatable bonds is 9. The van der Waals surface area contributed by atoms with Crippen LogP contribution in [0.2, 0.25) is 0 Å². The molecule has 200 valence electrons. The summed E-state index contributed by atoms with van der Waals surface area (Å²) >= 11 is 3.45. The number of halogens is 2. The zero-order chi connectivity index (χ0) is 27.3. The van der Waals surface area contributed by atoms with Crippen molar-refractivity contribution in [2.75, 3.05) is 18.5 Å². The number of hydrogen-bond donors (Lipinski definition) is 2. The van der Waals surface area contributed by atoms with Gasteiger partial charge >= 0.3 is 12.1 Å². The maximum atomic E-state index is 14.1. The lowest BCUT2D eigenvalue weighted by atomic mass is 10.1. The van der Waals surface area contributed by atoms with Gasteiger partial charge in [-0.15, -0.1) is 0 Å². The highest BCUT2D eigenvalue weighted by atomic mass is 79.9.